The fourth-order valence-corrected chi connectivity index (χ4v) is 6.96. The minimum Gasteiger partial charge on any atom is -0.354 e. The van der Waals surface area contributed by atoms with Gasteiger partial charge in [-0.3, -0.25) is 19.4 Å². The molecule has 0 aromatic carbocycles. The van der Waals surface area contributed by atoms with E-state index in [-0.39, 0.29) is 36.9 Å². The van der Waals surface area contributed by atoms with Crippen molar-refractivity contribution in [3.05, 3.63) is 30.1 Å². The molecule has 0 unspecified atom stereocenters. The number of likely N-dealkylation sites (N-methyl/N-ethyl adjacent to an activating group) is 1. The molecule has 282 valence electrons. The van der Waals surface area contributed by atoms with Crippen LogP contribution in [-0.2, 0) is 30.8 Å². The molecule has 1 aromatic rings. The molecule has 2 aliphatic rings. The third kappa shape index (κ3) is 10.3. The predicted molar refractivity (Wildman–Crippen MR) is 185 cm³/mol. The summed E-state index contributed by atoms with van der Waals surface area (Å²) in [6.07, 6.45) is -0.745. The van der Waals surface area contributed by atoms with E-state index in [1.807, 2.05) is 34.6 Å². The average molecular weight is 728 g/mol. The van der Waals surface area contributed by atoms with Crippen LogP contribution in [0.2, 0.25) is 0 Å². The van der Waals surface area contributed by atoms with Crippen LogP contribution in [0.3, 0.4) is 0 Å². The second-order valence-electron chi connectivity index (χ2n) is 16.3. The van der Waals surface area contributed by atoms with Crippen LogP contribution in [-0.4, -0.2) is 110 Å². The number of hydrogen-bond donors (Lipinski definition) is 4. The Hall–Kier alpha value is -3.40. The van der Waals surface area contributed by atoms with Crippen LogP contribution in [0.5, 0.6) is 0 Å². The van der Waals surface area contributed by atoms with Crippen LogP contribution in [0.4, 0.5) is 13.6 Å². The molecule has 4 N–H and O–H groups in total. The number of pyridine rings is 1. The van der Waals surface area contributed by atoms with E-state index in [1.165, 1.54) is 11.9 Å². The molecule has 6 atom stereocenters. The number of nitrogens with one attached hydrogen (secondary N) is 4. The number of sulfonamides is 1. The van der Waals surface area contributed by atoms with Gasteiger partial charge in [0.25, 0.3) is 0 Å². The topological polar surface area (TPSA) is 170 Å². The summed E-state index contributed by atoms with van der Waals surface area (Å²) in [5.74, 6) is -2.33. The summed E-state index contributed by atoms with van der Waals surface area (Å²) in [7, 11) is -2.12. The van der Waals surface area contributed by atoms with Gasteiger partial charge in [-0.25, -0.2) is 26.3 Å². The van der Waals surface area contributed by atoms with Gasteiger partial charge in [0.15, 0.2) is 0 Å². The van der Waals surface area contributed by atoms with Crippen molar-refractivity contribution in [2.45, 2.75) is 98.8 Å². The van der Waals surface area contributed by atoms with E-state index in [0.717, 1.165) is 10.6 Å². The van der Waals surface area contributed by atoms with Gasteiger partial charge >= 0.3 is 6.03 Å². The highest BCUT2D eigenvalue weighted by Crippen LogP contribution is 2.65. The van der Waals surface area contributed by atoms with Crippen LogP contribution in [0, 0.1) is 28.1 Å². The van der Waals surface area contributed by atoms with E-state index in [4.69, 9.17) is 0 Å². The molecule has 0 radical (unpaired) electrons. The second-order valence-corrected chi connectivity index (χ2v) is 18.4. The Labute approximate surface area is 295 Å². The maximum Gasteiger partial charge on any atom is 0.315 e. The monoisotopic (exact) mass is 727 g/mol. The van der Waals surface area contributed by atoms with Gasteiger partial charge in [-0.05, 0) is 40.2 Å². The first-order valence-corrected chi connectivity index (χ1v) is 18.8. The number of likely N-dealkylation sites (tertiary alicyclic amines) is 1. The molecule has 2 heterocycles. The first kappa shape index (κ1) is 41.0. The fourth-order valence-electron chi connectivity index (χ4n) is 6.54. The van der Waals surface area contributed by atoms with Crippen molar-refractivity contribution in [3.63, 3.8) is 0 Å². The summed E-state index contributed by atoms with van der Waals surface area (Å²) in [6.45, 7) is 15.1. The molecule has 0 bridgehead atoms. The molecule has 1 saturated heterocycles. The Morgan fingerprint density at radius 2 is 1.68 bits per heavy atom. The Bertz CT molecular complexity index is 1500. The van der Waals surface area contributed by atoms with Crippen LogP contribution in [0.25, 0.3) is 0 Å². The Kier molecular flexibility index (Phi) is 12.7. The van der Waals surface area contributed by atoms with Crippen LogP contribution in [0.15, 0.2) is 24.4 Å². The summed E-state index contributed by atoms with van der Waals surface area (Å²) >= 11 is 0. The number of nitrogens with zero attached hydrogens (tertiary/aromatic N) is 3. The number of rotatable bonds is 14. The van der Waals surface area contributed by atoms with Crippen molar-refractivity contribution in [2.75, 3.05) is 32.9 Å². The van der Waals surface area contributed by atoms with E-state index in [2.05, 4.69) is 26.3 Å². The molecule has 5 amide bonds. The van der Waals surface area contributed by atoms with Crippen molar-refractivity contribution in [3.8, 4) is 0 Å². The highest BCUT2D eigenvalue weighted by atomic mass is 32.2. The minimum atomic E-state index is -3.53. The maximum atomic E-state index is 14.3. The molecule has 13 nitrogen and oxygen atoms in total. The van der Waals surface area contributed by atoms with Crippen molar-refractivity contribution in [1.82, 2.24) is 35.5 Å². The first-order valence-electron chi connectivity index (χ1n) is 16.9. The lowest BCUT2D eigenvalue weighted by molar-refractivity contribution is -0.144. The number of urea groups is 1. The average Bonchev–Trinajstić information content (AvgIpc) is 3.29. The maximum absolute atomic E-state index is 14.3. The number of halogens is 2. The smallest absolute Gasteiger partial charge is 0.315 e. The summed E-state index contributed by atoms with van der Waals surface area (Å²) in [6, 6.07) is 0.298. The zero-order chi connectivity index (χ0) is 38.0. The summed E-state index contributed by atoms with van der Waals surface area (Å²) in [5, 5.41) is 10.7. The normalized spacial score (nSPS) is 22.0. The molecule has 1 saturated carbocycles. The van der Waals surface area contributed by atoms with Gasteiger partial charge in [0.2, 0.25) is 34.2 Å². The molecule has 1 aromatic heterocycles. The Balaban J connectivity index is 1.80. The Morgan fingerprint density at radius 1 is 1.04 bits per heavy atom. The number of amides is 5. The lowest BCUT2D eigenvalue weighted by Crippen LogP contribution is -2.62. The minimum absolute atomic E-state index is 0.00674. The number of alkyl halides is 2. The summed E-state index contributed by atoms with van der Waals surface area (Å²) in [4.78, 5) is 60.3. The highest BCUT2D eigenvalue weighted by Gasteiger charge is 2.70. The van der Waals surface area contributed by atoms with E-state index in [9.17, 15) is 36.4 Å². The lowest BCUT2D eigenvalue weighted by atomic mass is 9.85. The van der Waals surface area contributed by atoms with Gasteiger partial charge in [0, 0.05) is 57.5 Å². The standard InChI is InChI=1S/C34H55F2N7O6S/c1-32(2,3)23(19-42(9)50(10,48)49)40-31(47)41-27(33(4,5)6)30(46)43-18-21-25(34(21,7)8)26(43)29(45)39-22(17-24(35)36)28(44)38-16-14-20-13-11-12-15-37-20/h11-13,15,21-27H,14,16-19H2,1-10H3,(H,38,44)(H,39,45)(H2,40,41,47)/t21-,22-,23+,25-,26-,27+/m0/s1. The highest BCUT2D eigenvalue weighted by molar-refractivity contribution is 7.88. The summed E-state index contributed by atoms with van der Waals surface area (Å²) < 4.78 is 52.6. The van der Waals surface area contributed by atoms with Gasteiger partial charge in [0.1, 0.15) is 18.1 Å². The number of piperidine rings is 1. The number of aromatic nitrogens is 1. The molecule has 16 heteroatoms. The molecule has 0 spiro atoms. The van der Waals surface area contributed by atoms with E-state index in [1.54, 1.807) is 45.2 Å². The van der Waals surface area contributed by atoms with Crippen LogP contribution < -0.4 is 21.3 Å². The molecule has 50 heavy (non-hydrogen) atoms. The number of carbonyl (C=O) groups excluding carboxylic acids is 4. The van der Waals surface area contributed by atoms with E-state index >= 15 is 0 Å². The fraction of sp³-hybridized carbons (Fsp3) is 0.735. The lowest BCUT2D eigenvalue weighted by Gasteiger charge is -2.39. The molecular formula is C34H55F2N7O6S. The largest absolute Gasteiger partial charge is 0.354 e. The Morgan fingerprint density at radius 3 is 2.20 bits per heavy atom. The van der Waals surface area contributed by atoms with Crippen LogP contribution in [0.1, 0.15) is 67.5 Å². The van der Waals surface area contributed by atoms with E-state index in [0.29, 0.717) is 12.1 Å². The summed E-state index contributed by atoms with van der Waals surface area (Å²) in [5.41, 5.74) is -0.989. The van der Waals surface area contributed by atoms with Gasteiger partial charge in [-0.2, -0.15) is 0 Å². The molecule has 3 rings (SSSR count). The van der Waals surface area contributed by atoms with Crippen molar-refractivity contribution >= 4 is 33.8 Å². The zero-order valence-corrected chi connectivity index (χ0v) is 31.7. The van der Waals surface area contributed by atoms with Gasteiger partial charge < -0.3 is 26.2 Å². The van der Waals surface area contributed by atoms with E-state index < -0.39 is 81.6 Å². The second kappa shape index (κ2) is 15.5. The number of hydrogen-bond acceptors (Lipinski definition) is 7. The van der Waals surface area contributed by atoms with Crippen molar-refractivity contribution in [2.24, 2.45) is 28.1 Å². The molecule has 2 fully saturated rings. The molecular weight excluding hydrogens is 672 g/mol. The predicted octanol–water partition coefficient (Wildman–Crippen LogP) is 2.38. The molecule has 1 aliphatic heterocycles. The third-order valence-corrected chi connectivity index (χ3v) is 11.2. The van der Waals surface area contributed by atoms with Gasteiger partial charge in [-0.15, -0.1) is 0 Å². The van der Waals surface area contributed by atoms with Gasteiger partial charge in [-0.1, -0.05) is 61.5 Å². The first-order chi connectivity index (χ1) is 22.9. The zero-order valence-electron chi connectivity index (χ0n) is 30.8. The SMILES string of the molecule is CN(C[C@@H](NC(=O)N[C@H](C(=O)N1C[C@H]2[C@@H]([C@H]1C(=O)N[C@@H](CC(F)F)C(=O)NCCc1ccccn1)C2(C)C)C(C)(C)C)C(C)(C)C)S(C)(=O)=O. The van der Waals surface area contributed by atoms with Crippen LogP contribution >= 0.6 is 0 Å². The van der Waals surface area contributed by atoms with Crippen molar-refractivity contribution < 1.29 is 36.4 Å². The quantitative estimate of drug-likeness (QED) is 0.228. The molecule has 1 aliphatic carbocycles. The number of fused-ring (bicyclic) bond motifs is 1. The van der Waals surface area contributed by atoms with Crippen molar-refractivity contribution in [1.29, 1.82) is 0 Å². The third-order valence-electron chi connectivity index (χ3n) is 9.96. The van der Waals surface area contributed by atoms with Gasteiger partial charge in [0.05, 0.1) is 6.26 Å². The number of carbonyl (C=O) groups is 4.